The summed E-state index contributed by atoms with van der Waals surface area (Å²) >= 11 is 3.26. The van der Waals surface area contributed by atoms with E-state index >= 15 is 0 Å². The van der Waals surface area contributed by atoms with Crippen LogP contribution in [0.25, 0.3) is 0 Å². The van der Waals surface area contributed by atoms with Gasteiger partial charge in [-0.3, -0.25) is 5.43 Å². The Morgan fingerprint density at radius 2 is 2.40 bits per heavy atom. The maximum Gasteiger partial charge on any atom is 0.146 e. The second kappa shape index (κ2) is 3.31. The number of hydrogen-bond acceptors (Lipinski definition) is 3. The van der Waals surface area contributed by atoms with Crippen LogP contribution in [0.15, 0.2) is 27.9 Å². The van der Waals surface area contributed by atoms with Crippen molar-refractivity contribution in [1.29, 1.82) is 0 Å². The fourth-order valence-corrected chi connectivity index (χ4v) is 0.757. The summed E-state index contributed by atoms with van der Waals surface area (Å²) in [6.45, 7) is 3.27. The molecule has 1 rings (SSSR count). The summed E-state index contributed by atoms with van der Waals surface area (Å²) in [5, 5.41) is 3.46. The molecule has 3 nitrogen and oxygen atoms in total. The van der Waals surface area contributed by atoms with Crippen LogP contribution in [0.2, 0.25) is 0 Å². The Balaban J connectivity index is 2.78. The predicted molar refractivity (Wildman–Crippen MR) is 45.1 cm³/mol. The van der Waals surface area contributed by atoms with Crippen molar-refractivity contribution in [2.45, 2.75) is 0 Å². The second-order valence-corrected chi connectivity index (χ2v) is 2.55. The van der Waals surface area contributed by atoms with Gasteiger partial charge in [-0.25, -0.2) is 4.98 Å². The molecule has 4 heteroatoms. The van der Waals surface area contributed by atoms with Gasteiger partial charge in [-0.1, -0.05) is 0 Å². The van der Waals surface area contributed by atoms with Gasteiger partial charge < -0.3 is 0 Å². The molecule has 0 unspecified atom stereocenters. The Hall–Kier alpha value is -0.900. The summed E-state index contributed by atoms with van der Waals surface area (Å²) in [5.41, 5.74) is 2.62. The number of nitrogens with one attached hydrogen (secondary N) is 1. The van der Waals surface area contributed by atoms with Crippen molar-refractivity contribution in [1.82, 2.24) is 4.98 Å². The molecule has 0 aromatic carbocycles. The van der Waals surface area contributed by atoms with Crippen LogP contribution in [0.1, 0.15) is 0 Å². The number of nitrogens with zero attached hydrogens (tertiary/aromatic N) is 2. The number of pyridine rings is 1. The Bertz CT molecular complexity index is 219. The third-order valence-corrected chi connectivity index (χ3v) is 1.39. The highest BCUT2D eigenvalue weighted by Gasteiger charge is 1.88. The summed E-state index contributed by atoms with van der Waals surface area (Å²) in [5.74, 6) is 0.693. The molecule has 0 fully saturated rings. The van der Waals surface area contributed by atoms with Crippen LogP contribution in [-0.2, 0) is 0 Å². The molecule has 0 bridgehead atoms. The fraction of sp³-hybridized carbons (Fsp3) is 0. The van der Waals surface area contributed by atoms with E-state index in [-0.39, 0.29) is 0 Å². The maximum atomic E-state index is 3.98. The first-order valence-electron chi connectivity index (χ1n) is 2.66. The van der Waals surface area contributed by atoms with E-state index < -0.39 is 0 Å². The molecule has 0 radical (unpaired) electrons. The summed E-state index contributed by atoms with van der Waals surface area (Å²) in [6.07, 6.45) is 1.69. The van der Waals surface area contributed by atoms with Crippen molar-refractivity contribution >= 4 is 28.5 Å². The van der Waals surface area contributed by atoms with E-state index in [1.807, 2.05) is 6.07 Å². The molecule has 10 heavy (non-hydrogen) atoms. The van der Waals surface area contributed by atoms with Crippen LogP contribution in [0.4, 0.5) is 5.82 Å². The number of rotatable bonds is 2. The lowest BCUT2D eigenvalue weighted by atomic mass is 10.5. The molecule has 0 aliphatic heterocycles. The van der Waals surface area contributed by atoms with Crippen LogP contribution in [0.5, 0.6) is 0 Å². The lowest BCUT2D eigenvalue weighted by molar-refractivity contribution is 1.23. The van der Waals surface area contributed by atoms with Crippen molar-refractivity contribution < 1.29 is 0 Å². The van der Waals surface area contributed by atoms with Gasteiger partial charge in [0, 0.05) is 17.4 Å². The number of anilines is 1. The molecular weight excluding hydrogens is 194 g/mol. The molecule has 0 atom stereocenters. The molecule has 0 aliphatic rings. The molecule has 0 saturated heterocycles. The average Bonchev–Trinajstić information content (AvgIpc) is 1.95. The van der Waals surface area contributed by atoms with E-state index in [9.17, 15) is 0 Å². The smallest absolute Gasteiger partial charge is 0.146 e. The van der Waals surface area contributed by atoms with Gasteiger partial charge in [0.05, 0.1) is 0 Å². The minimum absolute atomic E-state index is 0.693. The molecule has 1 aromatic heterocycles. The largest absolute Gasteiger partial charge is 0.262 e. The SMILES string of the molecule is C=NNc1ccc(Br)cn1. The molecule has 52 valence electrons. The standard InChI is InChI=1S/C6H6BrN3/c1-8-10-6-3-2-5(7)4-9-6/h2-4H,1H2,(H,9,10). The van der Waals surface area contributed by atoms with Crippen LogP contribution in [0.3, 0.4) is 0 Å². The van der Waals surface area contributed by atoms with Crippen molar-refractivity contribution in [3.05, 3.63) is 22.8 Å². The van der Waals surface area contributed by atoms with Gasteiger partial charge in [0.1, 0.15) is 5.82 Å². The third kappa shape index (κ3) is 1.80. The summed E-state index contributed by atoms with van der Waals surface area (Å²) < 4.78 is 0.946. The van der Waals surface area contributed by atoms with Crippen molar-refractivity contribution in [3.63, 3.8) is 0 Å². The monoisotopic (exact) mass is 199 g/mol. The second-order valence-electron chi connectivity index (χ2n) is 1.63. The van der Waals surface area contributed by atoms with E-state index in [4.69, 9.17) is 0 Å². The Morgan fingerprint density at radius 1 is 1.60 bits per heavy atom. The van der Waals surface area contributed by atoms with Gasteiger partial charge in [0.2, 0.25) is 0 Å². The van der Waals surface area contributed by atoms with E-state index in [1.165, 1.54) is 0 Å². The molecule has 0 saturated carbocycles. The van der Waals surface area contributed by atoms with Crippen molar-refractivity contribution in [3.8, 4) is 0 Å². The Morgan fingerprint density at radius 3 is 2.90 bits per heavy atom. The van der Waals surface area contributed by atoms with Gasteiger partial charge in [-0.2, -0.15) is 5.10 Å². The topological polar surface area (TPSA) is 37.3 Å². The first-order chi connectivity index (χ1) is 4.83. The predicted octanol–water partition coefficient (Wildman–Crippen LogP) is 1.87. The quantitative estimate of drug-likeness (QED) is 0.584. The maximum absolute atomic E-state index is 3.98. The zero-order valence-corrected chi connectivity index (χ0v) is 6.80. The lowest BCUT2D eigenvalue weighted by Crippen LogP contribution is -1.88. The van der Waals surface area contributed by atoms with Gasteiger partial charge in [-0.15, -0.1) is 0 Å². The number of hydrazone groups is 1. The van der Waals surface area contributed by atoms with E-state index in [2.05, 4.69) is 38.2 Å². The Kier molecular flexibility index (Phi) is 2.39. The summed E-state index contributed by atoms with van der Waals surface area (Å²) in [4.78, 5) is 3.98. The van der Waals surface area contributed by atoms with Crippen LogP contribution >= 0.6 is 15.9 Å². The van der Waals surface area contributed by atoms with E-state index in [0.717, 1.165) is 4.47 Å². The number of halogens is 1. The molecule has 0 amide bonds. The van der Waals surface area contributed by atoms with Crippen LogP contribution < -0.4 is 5.43 Å². The third-order valence-electron chi connectivity index (χ3n) is 0.921. The molecule has 1 N–H and O–H groups in total. The van der Waals surface area contributed by atoms with Gasteiger partial charge in [0.15, 0.2) is 0 Å². The first kappa shape index (κ1) is 7.21. The summed E-state index contributed by atoms with van der Waals surface area (Å²) in [7, 11) is 0. The van der Waals surface area contributed by atoms with E-state index in [0.29, 0.717) is 5.82 Å². The number of hydrogen-bond donors (Lipinski definition) is 1. The molecular formula is C6H6BrN3. The number of aromatic nitrogens is 1. The van der Waals surface area contributed by atoms with Crippen LogP contribution in [0, 0.1) is 0 Å². The van der Waals surface area contributed by atoms with Crippen molar-refractivity contribution in [2.75, 3.05) is 5.43 Å². The van der Waals surface area contributed by atoms with Crippen molar-refractivity contribution in [2.24, 2.45) is 5.10 Å². The molecule has 0 spiro atoms. The fourth-order valence-electron chi connectivity index (χ4n) is 0.523. The lowest BCUT2D eigenvalue weighted by Gasteiger charge is -1.95. The summed E-state index contributed by atoms with van der Waals surface area (Å²) in [6, 6.07) is 3.68. The highest BCUT2D eigenvalue weighted by Crippen LogP contribution is 2.09. The molecule has 0 aliphatic carbocycles. The zero-order chi connectivity index (χ0) is 7.40. The van der Waals surface area contributed by atoms with Gasteiger partial charge >= 0.3 is 0 Å². The van der Waals surface area contributed by atoms with Gasteiger partial charge in [0.25, 0.3) is 0 Å². The van der Waals surface area contributed by atoms with Crippen LogP contribution in [-0.4, -0.2) is 11.7 Å². The molecule has 1 aromatic rings. The highest BCUT2D eigenvalue weighted by atomic mass is 79.9. The normalized spacial score (nSPS) is 8.90. The minimum Gasteiger partial charge on any atom is -0.262 e. The minimum atomic E-state index is 0.693. The average molecular weight is 200 g/mol. The Labute approximate surface area is 67.3 Å². The zero-order valence-electron chi connectivity index (χ0n) is 5.21. The van der Waals surface area contributed by atoms with Gasteiger partial charge in [-0.05, 0) is 28.1 Å². The highest BCUT2D eigenvalue weighted by molar-refractivity contribution is 9.10. The molecule has 1 heterocycles. The van der Waals surface area contributed by atoms with E-state index in [1.54, 1.807) is 12.3 Å². The first-order valence-corrected chi connectivity index (χ1v) is 3.45.